The van der Waals surface area contributed by atoms with Gasteiger partial charge in [0.25, 0.3) is 0 Å². The molecule has 70 valence electrons. The van der Waals surface area contributed by atoms with Crippen LogP contribution >= 0.6 is 0 Å². The Balaban J connectivity index is 2.76. The quantitative estimate of drug-likeness (QED) is 0.523. The molecular formula is C11H9FN2. The number of nitrogens with one attached hydrogen (secondary N) is 1. The number of fused-ring (bicyclic) bond motifs is 1. The van der Waals surface area contributed by atoms with Crippen LogP contribution < -0.4 is 5.73 Å². The first-order valence-electron chi connectivity index (χ1n) is 4.21. The van der Waals surface area contributed by atoms with Crippen molar-refractivity contribution in [3.8, 4) is 0 Å². The molecule has 0 bridgehead atoms. The number of halogens is 1. The molecule has 0 amide bonds. The third kappa shape index (κ3) is 1.33. The molecule has 2 aromatic carbocycles. The zero-order valence-corrected chi connectivity index (χ0v) is 7.42. The molecule has 0 fully saturated rings. The molecule has 0 aromatic heterocycles. The highest BCUT2D eigenvalue weighted by Gasteiger charge is 2.02. The van der Waals surface area contributed by atoms with Crippen LogP contribution in [0.2, 0.25) is 0 Å². The van der Waals surface area contributed by atoms with Crippen molar-refractivity contribution in [3.63, 3.8) is 0 Å². The van der Waals surface area contributed by atoms with E-state index in [4.69, 9.17) is 11.1 Å². The maximum Gasteiger partial charge on any atom is 0.131 e. The van der Waals surface area contributed by atoms with Crippen molar-refractivity contribution in [2.75, 3.05) is 0 Å². The molecule has 0 spiro atoms. The number of nitrogen functional groups attached to an aromatic ring is 1. The Hall–Kier alpha value is -1.90. The molecule has 3 heteroatoms. The highest BCUT2D eigenvalue weighted by molar-refractivity contribution is 5.99. The van der Waals surface area contributed by atoms with Crippen LogP contribution in [0.3, 0.4) is 0 Å². The van der Waals surface area contributed by atoms with Gasteiger partial charge in [-0.05, 0) is 17.5 Å². The van der Waals surface area contributed by atoms with Crippen LogP contribution in [0, 0.1) is 11.2 Å². The fourth-order valence-electron chi connectivity index (χ4n) is 1.40. The summed E-state index contributed by atoms with van der Waals surface area (Å²) in [5.41, 5.74) is 5.86. The molecule has 0 aliphatic rings. The van der Waals surface area contributed by atoms with Crippen LogP contribution in [0.25, 0.3) is 10.8 Å². The van der Waals surface area contributed by atoms with E-state index in [1.54, 1.807) is 24.3 Å². The lowest BCUT2D eigenvalue weighted by Gasteiger charge is -2.02. The minimum atomic E-state index is -0.286. The van der Waals surface area contributed by atoms with Gasteiger partial charge in [-0.15, -0.1) is 0 Å². The van der Waals surface area contributed by atoms with Gasteiger partial charge in [-0.2, -0.15) is 0 Å². The van der Waals surface area contributed by atoms with Gasteiger partial charge in [0.15, 0.2) is 0 Å². The first kappa shape index (κ1) is 8.69. The Morgan fingerprint density at radius 2 is 2.00 bits per heavy atom. The number of amidine groups is 1. The minimum absolute atomic E-state index is 0.0462. The second kappa shape index (κ2) is 3.10. The van der Waals surface area contributed by atoms with Crippen molar-refractivity contribution >= 4 is 16.6 Å². The summed E-state index contributed by atoms with van der Waals surface area (Å²) in [5.74, 6) is -0.333. The van der Waals surface area contributed by atoms with Gasteiger partial charge in [-0.25, -0.2) is 4.39 Å². The van der Waals surface area contributed by atoms with Crippen molar-refractivity contribution in [1.82, 2.24) is 0 Å². The third-order valence-electron chi connectivity index (χ3n) is 2.14. The first-order chi connectivity index (χ1) is 6.68. The van der Waals surface area contributed by atoms with E-state index < -0.39 is 0 Å². The van der Waals surface area contributed by atoms with Crippen LogP contribution in [0.1, 0.15) is 5.56 Å². The molecule has 2 nitrogen and oxygen atoms in total. The molecule has 0 saturated heterocycles. The number of hydrogen-bond donors (Lipinski definition) is 2. The minimum Gasteiger partial charge on any atom is -0.384 e. The Morgan fingerprint density at radius 3 is 2.71 bits per heavy atom. The van der Waals surface area contributed by atoms with Gasteiger partial charge in [0.05, 0.1) is 0 Å². The van der Waals surface area contributed by atoms with E-state index in [0.717, 1.165) is 5.39 Å². The lowest BCUT2D eigenvalue weighted by atomic mass is 10.1. The van der Waals surface area contributed by atoms with Gasteiger partial charge >= 0.3 is 0 Å². The van der Waals surface area contributed by atoms with Crippen molar-refractivity contribution in [3.05, 3.63) is 47.8 Å². The average molecular weight is 188 g/mol. The molecular weight excluding hydrogens is 179 g/mol. The van der Waals surface area contributed by atoms with Gasteiger partial charge in [-0.3, -0.25) is 5.41 Å². The summed E-state index contributed by atoms with van der Waals surface area (Å²) in [7, 11) is 0. The van der Waals surface area contributed by atoms with Gasteiger partial charge in [0, 0.05) is 10.9 Å². The second-order valence-corrected chi connectivity index (χ2v) is 3.09. The number of rotatable bonds is 1. The summed E-state index contributed by atoms with van der Waals surface area (Å²) < 4.78 is 13.3. The normalized spacial score (nSPS) is 10.4. The molecule has 0 aliphatic carbocycles. The Labute approximate surface area is 80.7 Å². The monoisotopic (exact) mass is 188 g/mol. The topological polar surface area (TPSA) is 49.9 Å². The van der Waals surface area contributed by atoms with Crippen LogP contribution in [0.15, 0.2) is 36.4 Å². The highest BCUT2D eigenvalue weighted by atomic mass is 19.1. The molecule has 0 heterocycles. The van der Waals surface area contributed by atoms with Gasteiger partial charge in [0.1, 0.15) is 11.7 Å². The number of hydrogen-bond acceptors (Lipinski definition) is 1. The molecule has 0 unspecified atom stereocenters. The largest absolute Gasteiger partial charge is 0.384 e. The smallest absolute Gasteiger partial charge is 0.131 e. The van der Waals surface area contributed by atoms with Gasteiger partial charge in [-0.1, -0.05) is 24.3 Å². The third-order valence-corrected chi connectivity index (χ3v) is 2.14. The maximum atomic E-state index is 13.3. The lowest BCUT2D eigenvalue weighted by molar-refractivity contribution is 0.640. The zero-order valence-electron chi connectivity index (χ0n) is 7.42. The van der Waals surface area contributed by atoms with Crippen molar-refractivity contribution in [1.29, 1.82) is 5.41 Å². The fourth-order valence-corrected chi connectivity index (χ4v) is 1.40. The SMILES string of the molecule is N=C(N)c1ccc2cccc(F)c2c1. The van der Waals surface area contributed by atoms with E-state index in [-0.39, 0.29) is 11.7 Å². The van der Waals surface area contributed by atoms with Crippen LogP contribution in [0.5, 0.6) is 0 Å². The number of benzene rings is 2. The summed E-state index contributed by atoms with van der Waals surface area (Å²) in [6, 6.07) is 9.94. The zero-order chi connectivity index (χ0) is 10.1. The first-order valence-corrected chi connectivity index (χ1v) is 4.21. The predicted molar refractivity (Wildman–Crippen MR) is 54.9 cm³/mol. The average Bonchev–Trinajstić information content (AvgIpc) is 2.18. The van der Waals surface area contributed by atoms with Gasteiger partial charge in [0.2, 0.25) is 0 Å². The van der Waals surface area contributed by atoms with E-state index in [2.05, 4.69) is 0 Å². The number of nitrogens with two attached hydrogens (primary N) is 1. The molecule has 2 rings (SSSR count). The van der Waals surface area contributed by atoms with Crippen molar-refractivity contribution in [2.45, 2.75) is 0 Å². The van der Waals surface area contributed by atoms with E-state index in [0.29, 0.717) is 10.9 Å². The van der Waals surface area contributed by atoms with Gasteiger partial charge < -0.3 is 5.73 Å². The Bertz CT molecular complexity index is 506. The van der Waals surface area contributed by atoms with Crippen LogP contribution in [0.4, 0.5) is 4.39 Å². The summed E-state index contributed by atoms with van der Waals surface area (Å²) in [4.78, 5) is 0. The van der Waals surface area contributed by atoms with Crippen LogP contribution in [-0.4, -0.2) is 5.84 Å². The fraction of sp³-hybridized carbons (Fsp3) is 0. The van der Waals surface area contributed by atoms with Crippen LogP contribution in [-0.2, 0) is 0 Å². The summed E-state index contributed by atoms with van der Waals surface area (Å²) in [6.45, 7) is 0. The van der Waals surface area contributed by atoms with E-state index in [1.165, 1.54) is 6.07 Å². The molecule has 0 radical (unpaired) electrons. The second-order valence-electron chi connectivity index (χ2n) is 3.09. The molecule has 0 atom stereocenters. The summed E-state index contributed by atoms with van der Waals surface area (Å²) >= 11 is 0. The van der Waals surface area contributed by atoms with Crippen molar-refractivity contribution < 1.29 is 4.39 Å². The Morgan fingerprint density at radius 1 is 1.21 bits per heavy atom. The van der Waals surface area contributed by atoms with E-state index >= 15 is 0 Å². The molecule has 0 aliphatic heterocycles. The standard InChI is InChI=1S/C11H9FN2/c12-10-3-1-2-7-4-5-8(11(13)14)6-9(7)10/h1-6H,(H3,13,14). The predicted octanol–water partition coefficient (Wildman–Crippen LogP) is 2.26. The van der Waals surface area contributed by atoms with Crippen molar-refractivity contribution in [2.24, 2.45) is 5.73 Å². The summed E-state index contributed by atoms with van der Waals surface area (Å²) in [6.07, 6.45) is 0. The molecule has 2 aromatic rings. The molecule has 3 N–H and O–H groups in total. The maximum absolute atomic E-state index is 13.3. The van der Waals surface area contributed by atoms with E-state index in [9.17, 15) is 4.39 Å². The highest BCUT2D eigenvalue weighted by Crippen LogP contribution is 2.18. The Kier molecular flexibility index (Phi) is 1.93. The molecule has 14 heavy (non-hydrogen) atoms. The summed E-state index contributed by atoms with van der Waals surface area (Å²) in [5, 5.41) is 8.55. The molecule has 0 saturated carbocycles. The van der Waals surface area contributed by atoms with E-state index in [1.807, 2.05) is 6.07 Å². The lowest BCUT2D eigenvalue weighted by Crippen LogP contribution is -2.10.